The van der Waals surface area contributed by atoms with Crippen LogP contribution in [-0.4, -0.2) is 5.43 Å². The van der Waals surface area contributed by atoms with Crippen LogP contribution in [-0.2, 0) is 20.4 Å². The number of rotatable bonds is 6. The molecule has 6 rings (SSSR count). The van der Waals surface area contributed by atoms with Crippen molar-refractivity contribution in [2.75, 3.05) is 0 Å². The molecule has 0 aromatic heterocycles. The molecule has 0 heterocycles. The fourth-order valence-corrected chi connectivity index (χ4v) is 23.7. The molecule has 2 aliphatic rings. The summed E-state index contributed by atoms with van der Waals surface area (Å²) in [4.78, 5) is 0. The SMILES string of the molecule is C[Si](C)=[Zr+2]([C]1=C(c2ccccc2)C=C(c2ccccc2)C1)[C]1=C(c2ccccc2)C=C(c2ccccc2)C1.[Cl-].[Cl-]. The smallest absolute Gasteiger partial charge is 1.00 e. The van der Waals surface area contributed by atoms with Crippen LogP contribution in [0.4, 0.5) is 0 Å². The quantitative estimate of drug-likeness (QED) is 0.279. The Labute approximate surface area is 259 Å². The molecule has 0 spiro atoms. The second-order valence-corrected chi connectivity index (χ2v) is 27.5. The van der Waals surface area contributed by atoms with E-state index in [0.717, 1.165) is 12.8 Å². The van der Waals surface area contributed by atoms with E-state index in [0.29, 0.717) is 0 Å². The Morgan fingerprint density at radius 2 is 0.750 bits per heavy atom. The molecule has 4 aromatic carbocycles. The van der Waals surface area contributed by atoms with Gasteiger partial charge in [0.05, 0.1) is 0 Å². The van der Waals surface area contributed by atoms with Gasteiger partial charge in [0, 0.05) is 0 Å². The van der Waals surface area contributed by atoms with Gasteiger partial charge in [-0.05, 0) is 0 Å². The fourth-order valence-electron chi connectivity index (χ4n) is 5.85. The molecule has 0 amide bonds. The summed E-state index contributed by atoms with van der Waals surface area (Å²) in [7, 11) is 0. The fraction of sp³-hybridized carbons (Fsp3) is 0.111. The number of benzene rings is 4. The Hall–Kier alpha value is -2.48. The van der Waals surface area contributed by atoms with Crippen molar-refractivity contribution >= 4 is 27.7 Å². The monoisotopic (exact) mass is 652 g/mol. The average Bonchev–Trinajstić information content (AvgIpc) is 3.61. The number of hydrogen-bond acceptors (Lipinski definition) is 0. The van der Waals surface area contributed by atoms with E-state index < -0.39 is 25.8 Å². The molecule has 0 fully saturated rings. The Balaban J connectivity index is 0.00000185. The number of allylic oxidation sites excluding steroid dienone is 8. The number of halogens is 2. The molecule has 0 aliphatic heterocycles. The molecule has 198 valence electrons. The molecular formula is C36H32Cl2SiZr. The van der Waals surface area contributed by atoms with Crippen molar-refractivity contribution in [1.82, 2.24) is 0 Å². The van der Waals surface area contributed by atoms with E-state index >= 15 is 0 Å². The maximum absolute atomic E-state index is 2.59. The minimum Gasteiger partial charge on any atom is -1.00 e. The summed E-state index contributed by atoms with van der Waals surface area (Å²) >= 11 is -2.22. The van der Waals surface area contributed by atoms with Crippen molar-refractivity contribution in [3.05, 3.63) is 162 Å². The van der Waals surface area contributed by atoms with Gasteiger partial charge in [0.1, 0.15) is 0 Å². The summed E-state index contributed by atoms with van der Waals surface area (Å²) in [5, 5.41) is 0. The Morgan fingerprint density at radius 3 is 1.05 bits per heavy atom. The molecule has 0 unspecified atom stereocenters. The standard InChI is InChI=1S/2C17H13.C2H6Si.2ClH.Zr/c2*1-3-7-14(8-4-1)16-11-12-17(13-16)15-9-5-2-6-10-15;1-3-2;;;/h2*1-10,13H,11H2;1-2H3;2*1H;/q;;;;;+2/p-2. The van der Waals surface area contributed by atoms with Crippen LogP contribution in [0.5, 0.6) is 0 Å². The van der Waals surface area contributed by atoms with Gasteiger partial charge in [-0.1, -0.05) is 0 Å². The third kappa shape index (κ3) is 6.37. The molecule has 0 saturated heterocycles. The molecular weight excluding hydrogens is 623 g/mol. The Morgan fingerprint density at radius 1 is 0.450 bits per heavy atom. The van der Waals surface area contributed by atoms with Gasteiger partial charge in [-0.2, -0.15) is 0 Å². The number of hydrogen-bond donors (Lipinski definition) is 0. The first kappa shape index (κ1) is 30.5. The second-order valence-electron chi connectivity index (χ2n) is 10.3. The second kappa shape index (κ2) is 13.9. The van der Waals surface area contributed by atoms with Crippen molar-refractivity contribution in [2.24, 2.45) is 0 Å². The molecule has 2 aliphatic carbocycles. The molecule has 0 bridgehead atoms. The average molecular weight is 655 g/mol. The van der Waals surface area contributed by atoms with Gasteiger partial charge in [0.15, 0.2) is 0 Å². The van der Waals surface area contributed by atoms with Crippen molar-refractivity contribution in [1.29, 1.82) is 0 Å². The van der Waals surface area contributed by atoms with Crippen LogP contribution in [0, 0.1) is 0 Å². The molecule has 4 heteroatoms. The van der Waals surface area contributed by atoms with Crippen LogP contribution >= 0.6 is 0 Å². The molecule has 0 N–H and O–H groups in total. The minimum absolute atomic E-state index is 0. The Kier molecular flexibility index (Phi) is 10.6. The predicted octanol–water partition coefficient (Wildman–Crippen LogP) is 3.66. The van der Waals surface area contributed by atoms with E-state index in [-0.39, 0.29) is 24.8 Å². The van der Waals surface area contributed by atoms with Gasteiger partial charge >= 0.3 is 236 Å². The predicted molar refractivity (Wildman–Crippen MR) is 162 cm³/mol. The summed E-state index contributed by atoms with van der Waals surface area (Å²) in [6, 6.07) is 44.4. The molecule has 40 heavy (non-hydrogen) atoms. The summed E-state index contributed by atoms with van der Waals surface area (Å²) < 4.78 is 3.59. The van der Waals surface area contributed by atoms with E-state index in [2.05, 4.69) is 147 Å². The molecule has 0 atom stereocenters. The van der Waals surface area contributed by atoms with Gasteiger partial charge in [0.25, 0.3) is 0 Å². The minimum atomic E-state index is -2.22. The van der Waals surface area contributed by atoms with Gasteiger partial charge < -0.3 is 24.8 Å². The van der Waals surface area contributed by atoms with Crippen LogP contribution in [0.15, 0.2) is 140 Å². The van der Waals surface area contributed by atoms with Gasteiger partial charge in [-0.25, -0.2) is 0 Å². The third-order valence-electron chi connectivity index (χ3n) is 7.58. The summed E-state index contributed by atoms with van der Waals surface area (Å²) in [5.74, 6) is 0. The van der Waals surface area contributed by atoms with Gasteiger partial charge in [-0.3, -0.25) is 0 Å². The van der Waals surface area contributed by atoms with Crippen LogP contribution in [0.1, 0.15) is 35.1 Å². The van der Waals surface area contributed by atoms with Crippen molar-refractivity contribution in [3.63, 3.8) is 0 Å². The normalized spacial score (nSPS) is 14.0. The van der Waals surface area contributed by atoms with Crippen molar-refractivity contribution in [2.45, 2.75) is 25.9 Å². The van der Waals surface area contributed by atoms with Crippen LogP contribution in [0.2, 0.25) is 13.1 Å². The van der Waals surface area contributed by atoms with E-state index in [1.54, 1.807) is 6.56 Å². The van der Waals surface area contributed by atoms with Crippen LogP contribution in [0.3, 0.4) is 0 Å². The third-order valence-corrected chi connectivity index (χ3v) is 24.7. The van der Waals surface area contributed by atoms with Crippen molar-refractivity contribution in [3.8, 4) is 0 Å². The van der Waals surface area contributed by atoms with Crippen LogP contribution < -0.4 is 24.8 Å². The zero-order valence-electron chi connectivity index (χ0n) is 22.9. The maximum Gasteiger partial charge on any atom is -1.00 e. The molecule has 4 aromatic rings. The van der Waals surface area contributed by atoms with E-state index in [4.69, 9.17) is 0 Å². The zero-order valence-corrected chi connectivity index (χ0v) is 27.8. The Bertz CT molecular complexity index is 1510. The summed E-state index contributed by atoms with van der Waals surface area (Å²) in [6.07, 6.45) is 7.25. The molecule has 0 radical (unpaired) electrons. The van der Waals surface area contributed by atoms with E-state index in [1.165, 1.54) is 44.5 Å². The first-order valence-corrected chi connectivity index (χ1v) is 22.1. The van der Waals surface area contributed by atoms with Gasteiger partial charge in [-0.15, -0.1) is 0 Å². The molecule has 0 nitrogen and oxygen atoms in total. The first-order valence-electron chi connectivity index (χ1n) is 13.5. The van der Waals surface area contributed by atoms with Crippen molar-refractivity contribution < 1.29 is 45.2 Å². The maximum atomic E-state index is 2.59. The van der Waals surface area contributed by atoms with E-state index in [9.17, 15) is 0 Å². The largest absolute Gasteiger partial charge is 1.00 e. The van der Waals surface area contributed by atoms with Gasteiger partial charge in [0.2, 0.25) is 0 Å². The first-order chi connectivity index (χ1) is 18.7. The summed E-state index contributed by atoms with van der Waals surface area (Å²) in [5.41, 5.74) is 11.0. The summed E-state index contributed by atoms with van der Waals surface area (Å²) in [6.45, 7) is 5.18. The zero-order chi connectivity index (χ0) is 25.9. The van der Waals surface area contributed by atoms with Crippen LogP contribution in [0.25, 0.3) is 22.3 Å². The van der Waals surface area contributed by atoms with E-state index in [1.807, 2.05) is 0 Å². The molecule has 0 saturated carbocycles. The topological polar surface area (TPSA) is 0 Å².